The number of amides is 1. The van der Waals surface area contributed by atoms with Gasteiger partial charge in [-0.25, -0.2) is 0 Å². The van der Waals surface area contributed by atoms with Crippen LogP contribution in [0, 0.1) is 5.92 Å². The van der Waals surface area contributed by atoms with E-state index in [0.717, 1.165) is 32.1 Å². The highest BCUT2D eigenvalue weighted by Gasteiger charge is 2.16. The lowest BCUT2D eigenvalue weighted by Gasteiger charge is -2.20. The molecule has 6 heteroatoms. The van der Waals surface area contributed by atoms with Gasteiger partial charge in [0.15, 0.2) is 0 Å². The van der Waals surface area contributed by atoms with Crippen LogP contribution < -0.4 is 11.1 Å². The number of nitrogens with two attached hydrogens (primary N) is 1. The van der Waals surface area contributed by atoms with E-state index in [-0.39, 0.29) is 30.4 Å². The minimum atomic E-state index is -0.778. The van der Waals surface area contributed by atoms with Crippen LogP contribution in [0.15, 0.2) is 0 Å². The summed E-state index contributed by atoms with van der Waals surface area (Å²) in [5.74, 6) is -0.503. The molecule has 0 radical (unpaired) electrons. The molecule has 0 aromatic heterocycles. The van der Waals surface area contributed by atoms with E-state index in [9.17, 15) is 9.59 Å². The molecule has 0 fully saturated rings. The smallest absolute Gasteiger partial charge is 0.303 e. The molecule has 4 N–H and O–H groups in total. The lowest BCUT2D eigenvalue weighted by atomic mass is 9.91. The minimum Gasteiger partial charge on any atom is -0.481 e. The van der Waals surface area contributed by atoms with Gasteiger partial charge in [0.25, 0.3) is 0 Å². The van der Waals surface area contributed by atoms with E-state index < -0.39 is 5.97 Å². The van der Waals surface area contributed by atoms with Crippen LogP contribution in [0.5, 0.6) is 0 Å². The number of aliphatic carboxylic acids is 1. The Bertz CT molecular complexity index is 342. The Morgan fingerprint density at radius 3 is 2.33 bits per heavy atom. The molecule has 0 saturated carbocycles. The van der Waals surface area contributed by atoms with E-state index in [1.54, 1.807) is 0 Å². The molecule has 0 rings (SSSR count). The van der Waals surface area contributed by atoms with Crippen molar-refractivity contribution in [2.75, 3.05) is 13.2 Å². The van der Waals surface area contributed by atoms with Crippen LogP contribution in [0.25, 0.3) is 0 Å². The second-order valence-corrected chi connectivity index (χ2v) is 6.66. The maximum atomic E-state index is 12.0. The van der Waals surface area contributed by atoms with E-state index in [1.165, 1.54) is 0 Å². The highest BCUT2D eigenvalue weighted by molar-refractivity contribution is 5.76. The Hall–Kier alpha value is -1.14. The van der Waals surface area contributed by atoms with E-state index in [2.05, 4.69) is 5.32 Å². The molecule has 2 atom stereocenters. The summed E-state index contributed by atoms with van der Waals surface area (Å²) < 4.78 is 5.67. The first-order chi connectivity index (χ1) is 11.4. The summed E-state index contributed by atoms with van der Waals surface area (Å²) >= 11 is 0. The zero-order valence-electron chi connectivity index (χ0n) is 15.6. The average Bonchev–Trinajstić information content (AvgIpc) is 2.46. The van der Waals surface area contributed by atoms with Gasteiger partial charge >= 0.3 is 5.97 Å². The average molecular weight is 344 g/mol. The van der Waals surface area contributed by atoms with Crippen molar-refractivity contribution in [1.29, 1.82) is 0 Å². The summed E-state index contributed by atoms with van der Waals surface area (Å²) in [6.07, 6.45) is 5.88. The summed E-state index contributed by atoms with van der Waals surface area (Å²) in [6, 6.07) is 0.129. The maximum Gasteiger partial charge on any atom is 0.303 e. The summed E-state index contributed by atoms with van der Waals surface area (Å²) in [5, 5.41) is 11.7. The van der Waals surface area contributed by atoms with Gasteiger partial charge < -0.3 is 20.9 Å². The molecule has 1 amide bonds. The van der Waals surface area contributed by atoms with Crippen LogP contribution >= 0.6 is 0 Å². The third kappa shape index (κ3) is 13.3. The number of rotatable bonds is 15. The second kappa shape index (κ2) is 14.2. The first-order valence-corrected chi connectivity index (χ1v) is 9.21. The van der Waals surface area contributed by atoms with Gasteiger partial charge in [-0.2, -0.15) is 0 Å². The largest absolute Gasteiger partial charge is 0.481 e. The normalized spacial score (nSPS) is 13.7. The number of hydrogen-bond donors (Lipinski definition) is 3. The van der Waals surface area contributed by atoms with Crippen LogP contribution in [-0.2, 0) is 14.3 Å². The zero-order chi connectivity index (χ0) is 18.4. The van der Waals surface area contributed by atoms with Crippen molar-refractivity contribution < 1.29 is 19.4 Å². The lowest BCUT2D eigenvalue weighted by molar-refractivity contribution is -0.137. The molecule has 24 heavy (non-hydrogen) atoms. The monoisotopic (exact) mass is 344 g/mol. The lowest BCUT2D eigenvalue weighted by Crippen LogP contribution is -2.31. The summed E-state index contributed by atoms with van der Waals surface area (Å²) in [5.41, 5.74) is 5.61. The van der Waals surface area contributed by atoms with E-state index in [0.29, 0.717) is 26.0 Å². The van der Waals surface area contributed by atoms with Gasteiger partial charge in [-0.1, -0.05) is 6.42 Å². The molecule has 0 bridgehead atoms. The van der Waals surface area contributed by atoms with Crippen LogP contribution in [0.4, 0.5) is 0 Å². The van der Waals surface area contributed by atoms with Crippen LogP contribution in [-0.4, -0.2) is 42.3 Å². The fourth-order valence-corrected chi connectivity index (χ4v) is 2.90. The number of carboxylic acid groups (broad SMARTS) is 1. The van der Waals surface area contributed by atoms with E-state index in [1.807, 2.05) is 20.8 Å². The number of carboxylic acids is 1. The van der Waals surface area contributed by atoms with Crippen molar-refractivity contribution in [3.63, 3.8) is 0 Å². The summed E-state index contributed by atoms with van der Waals surface area (Å²) in [7, 11) is 0. The molecule has 0 aliphatic carbocycles. The van der Waals surface area contributed by atoms with Crippen LogP contribution in [0.1, 0.15) is 72.1 Å². The third-order valence-electron chi connectivity index (χ3n) is 3.96. The Morgan fingerprint density at radius 1 is 1.12 bits per heavy atom. The Kier molecular flexibility index (Phi) is 13.5. The predicted octanol–water partition coefficient (Wildman–Crippen LogP) is 2.70. The molecule has 2 unspecified atom stereocenters. The molecule has 142 valence electrons. The van der Waals surface area contributed by atoms with Crippen molar-refractivity contribution in [3.8, 4) is 0 Å². The Morgan fingerprint density at radius 2 is 1.79 bits per heavy atom. The SMILES string of the molecule is CCOC(CCN)CCCC(CCCC(=O)O)CC(=O)NC(C)C. The number of carbonyl (C=O) groups is 2. The molecule has 0 aliphatic rings. The predicted molar refractivity (Wildman–Crippen MR) is 95.8 cm³/mol. The quantitative estimate of drug-likeness (QED) is 0.424. The molecule has 0 saturated heterocycles. The second-order valence-electron chi connectivity index (χ2n) is 6.66. The van der Waals surface area contributed by atoms with Gasteiger partial charge in [-0.3, -0.25) is 9.59 Å². The van der Waals surface area contributed by atoms with Crippen LogP contribution in [0.2, 0.25) is 0 Å². The van der Waals surface area contributed by atoms with Crippen molar-refractivity contribution in [2.24, 2.45) is 11.7 Å². The van der Waals surface area contributed by atoms with E-state index in [4.69, 9.17) is 15.6 Å². The number of hydrogen-bond acceptors (Lipinski definition) is 4. The first-order valence-electron chi connectivity index (χ1n) is 9.21. The van der Waals surface area contributed by atoms with Gasteiger partial charge in [-0.05, 0) is 65.3 Å². The van der Waals surface area contributed by atoms with Gasteiger partial charge in [0, 0.05) is 25.5 Å². The van der Waals surface area contributed by atoms with Crippen molar-refractivity contribution in [1.82, 2.24) is 5.32 Å². The molecule has 0 aromatic rings. The molecule has 6 nitrogen and oxygen atoms in total. The van der Waals surface area contributed by atoms with Crippen LogP contribution in [0.3, 0.4) is 0 Å². The van der Waals surface area contributed by atoms with Gasteiger partial charge in [0.2, 0.25) is 5.91 Å². The van der Waals surface area contributed by atoms with E-state index >= 15 is 0 Å². The zero-order valence-corrected chi connectivity index (χ0v) is 15.6. The molecule has 0 aromatic carbocycles. The van der Waals surface area contributed by atoms with Gasteiger partial charge in [-0.15, -0.1) is 0 Å². The fourth-order valence-electron chi connectivity index (χ4n) is 2.90. The van der Waals surface area contributed by atoms with Crippen molar-refractivity contribution in [2.45, 2.75) is 84.3 Å². The summed E-state index contributed by atoms with van der Waals surface area (Å²) in [6.45, 7) is 7.16. The fraction of sp³-hybridized carbons (Fsp3) is 0.889. The summed E-state index contributed by atoms with van der Waals surface area (Å²) in [4.78, 5) is 22.7. The highest BCUT2D eigenvalue weighted by atomic mass is 16.5. The molecular formula is C18H36N2O4. The number of carbonyl (C=O) groups excluding carboxylic acids is 1. The molecule has 0 spiro atoms. The van der Waals surface area contributed by atoms with Gasteiger partial charge in [0.1, 0.15) is 0 Å². The highest BCUT2D eigenvalue weighted by Crippen LogP contribution is 2.21. The molecular weight excluding hydrogens is 308 g/mol. The Balaban J connectivity index is 4.34. The third-order valence-corrected chi connectivity index (χ3v) is 3.96. The maximum absolute atomic E-state index is 12.0. The molecule has 0 aliphatic heterocycles. The molecule has 0 heterocycles. The van der Waals surface area contributed by atoms with Crippen molar-refractivity contribution in [3.05, 3.63) is 0 Å². The minimum absolute atomic E-state index is 0.0497. The number of ether oxygens (including phenoxy) is 1. The Labute approximate surface area is 146 Å². The van der Waals surface area contributed by atoms with Crippen molar-refractivity contribution >= 4 is 11.9 Å². The first kappa shape index (κ1) is 22.9. The van der Waals surface area contributed by atoms with Gasteiger partial charge in [0.05, 0.1) is 6.10 Å². The topological polar surface area (TPSA) is 102 Å². The standard InChI is InChI=1S/C18H36N2O4/c1-4-24-16(11-12-19)9-5-7-15(8-6-10-18(22)23)13-17(21)20-14(2)3/h14-16H,4-13,19H2,1-3H3,(H,20,21)(H,22,23). The number of nitrogens with one attached hydrogen (secondary N) is 1.